The molecule has 140 valence electrons. The highest BCUT2D eigenvalue weighted by molar-refractivity contribution is 5.77. The minimum absolute atomic E-state index is 0.0755. The van der Waals surface area contributed by atoms with Crippen LogP contribution in [0.3, 0.4) is 0 Å². The van der Waals surface area contributed by atoms with E-state index in [4.69, 9.17) is 4.52 Å². The molecule has 4 rings (SSSR count). The average Bonchev–Trinajstić information content (AvgIpc) is 3.29. The standard InChI is InChI=1S/C19H27N5O2/c1-13-15(14(2)26-22-13)9-10-18(25)23-12-6-7-16(23)19-21-20-17-8-4-3-5-11-24(17)19/h16H,3-12H2,1-2H3/t16-/m1/s1. The lowest BCUT2D eigenvalue weighted by atomic mass is 10.1. The van der Waals surface area contributed by atoms with Crippen molar-refractivity contribution in [3.05, 3.63) is 28.7 Å². The summed E-state index contributed by atoms with van der Waals surface area (Å²) in [6.07, 6.45) is 7.78. The number of hydrogen-bond donors (Lipinski definition) is 0. The molecule has 0 spiro atoms. The van der Waals surface area contributed by atoms with Crippen molar-refractivity contribution in [2.24, 2.45) is 0 Å². The Bertz CT molecular complexity index is 774. The molecule has 2 aliphatic heterocycles. The molecule has 0 saturated carbocycles. The van der Waals surface area contributed by atoms with Gasteiger partial charge in [-0.05, 0) is 46.0 Å². The van der Waals surface area contributed by atoms with Crippen LogP contribution in [0.25, 0.3) is 0 Å². The number of fused-ring (bicyclic) bond motifs is 1. The summed E-state index contributed by atoms with van der Waals surface area (Å²) in [7, 11) is 0. The fraction of sp³-hybridized carbons (Fsp3) is 0.684. The molecule has 4 heterocycles. The van der Waals surface area contributed by atoms with Crippen LogP contribution in [0, 0.1) is 13.8 Å². The first-order chi connectivity index (χ1) is 12.6. The quantitative estimate of drug-likeness (QED) is 0.841. The van der Waals surface area contributed by atoms with E-state index in [2.05, 4.69) is 19.9 Å². The van der Waals surface area contributed by atoms with E-state index >= 15 is 0 Å². The third kappa shape index (κ3) is 3.15. The van der Waals surface area contributed by atoms with Crippen LogP contribution in [0.15, 0.2) is 4.52 Å². The molecule has 2 aromatic rings. The fourth-order valence-corrected chi connectivity index (χ4v) is 4.32. The Hall–Kier alpha value is -2.18. The third-order valence-electron chi connectivity index (χ3n) is 5.78. The van der Waals surface area contributed by atoms with Crippen LogP contribution in [-0.2, 0) is 24.2 Å². The lowest BCUT2D eigenvalue weighted by molar-refractivity contribution is -0.132. The molecule has 0 aromatic carbocycles. The zero-order chi connectivity index (χ0) is 18.1. The van der Waals surface area contributed by atoms with Gasteiger partial charge in [-0.3, -0.25) is 4.79 Å². The first-order valence-corrected chi connectivity index (χ1v) is 9.78. The molecule has 1 amide bonds. The van der Waals surface area contributed by atoms with Crippen LogP contribution >= 0.6 is 0 Å². The molecule has 0 bridgehead atoms. The van der Waals surface area contributed by atoms with Gasteiger partial charge in [-0.1, -0.05) is 11.6 Å². The van der Waals surface area contributed by atoms with E-state index in [1.807, 2.05) is 18.7 Å². The summed E-state index contributed by atoms with van der Waals surface area (Å²) in [6, 6.07) is 0.0755. The smallest absolute Gasteiger partial charge is 0.223 e. The Morgan fingerprint density at radius 2 is 2.04 bits per heavy atom. The maximum atomic E-state index is 12.9. The average molecular weight is 357 g/mol. The van der Waals surface area contributed by atoms with Gasteiger partial charge in [0.25, 0.3) is 0 Å². The summed E-state index contributed by atoms with van der Waals surface area (Å²) < 4.78 is 7.49. The number of aryl methyl sites for hydroxylation is 3. The van der Waals surface area contributed by atoms with Gasteiger partial charge in [-0.25, -0.2) is 0 Å². The maximum absolute atomic E-state index is 12.9. The minimum Gasteiger partial charge on any atom is -0.361 e. The zero-order valence-electron chi connectivity index (χ0n) is 15.7. The van der Waals surface area contributed by atoms with E-state index in [9.17, 15) is 4.79 Å². The molecule has 1 atom stereocenters. The number of nitrogens with zero attached hydrogens (tertiary/aromatic N) is 5. The van der Waals surface area contributed by atoms with Crippen LogP contribution in [0.1, 0.15) is 73.2 Å². The van der Waals surface area contributed by atoms with Gasteiger partial charge >= 0.3 is 0 Å². The van der Waals surface area contributed by atoms with Crippen molar-refractivity contribution in [2.45, 2.75) is 77.8 Å². The number of amides is 1. The topological polar surface area (TPSA) is 77.1 Å². The fourth-order valence-electron chi connectivity index (χ4n) is 4.32. The minimum atomic E-state index is 0.0755. The van der Waals surface area contributed by atoms with Crippen LogP contribution in [0.4, 0.5) is 0 Å². The van der Waals surface area contributed by atoms with Crippen LogP contribution in [-0.4, -0.2) is 37.3 Å². The summed E-state index contributed by atoms with van der Waals surface area (Å²) in [5, 5.41) is 12.9. The van der Waals surface area contributed by atoms with E-state index in [0.29, 0.717) is 12.8 Å². The molecule has 2 aliphatic rings. The maximum Gasteiger partial charge on any atom is 0.223 e. The van der Waals surface area contributed by atoms with Crippen molar-refractivity contribution in [1.82, 2.24) is 24.8 Å². The summed E-state index contributed by atoms with van der Waals surface area (Å²) in [5.41, 5.74) is 1.95. The largest absolute Gasteiger partial charge is 0.361 e. The molecule has 1 saturated heterocycles. The van der Waals surface area contributed by atoms with E-state index in [-0.39, 0.29) is 11.9 Å². The van der Waals surface area contributed by atoms with E-state index in [1.165, 1.54) is 19.3 Å². The van der Waals surface area contributed by atoms with Gasteiger partial charge in [0, 0.05) is 31.5 Å². The van der Waals surface area contributed by atoms with Crippen molar-refractivity contribution in [3.8, 4) is 0 Å². The van der Waals surface area contributed by atoms with Gasteiger partial charge in [-0.2, -0.15) is 0 Å². The molecule has 2 aromatic heterocycles. The summed E-state index contributed by atoms with van der Waals surface area (Å²) >= 11 is 0. The van der Waals surface area contributed by atoms with Gasteiger partial charge in [0.1, 0.15) is 11.6 Å². The summed E-state index contributed by atoms with van der Waals surface area (Å²) in [5.74, 6) is 3.09. The Morgan fingerprint density at radius 1 is 1.15 bits per heavy atom. The van der Waals surface area contributed by atoms with Crippen LogP contribution in [0.2, 0.25) is 0 Å². The number of aromatic nitrogens is 4. The van der Waals surface area contributed by atoms with Crippen molar-refractivity contribution in [2.75, 3.05) is 6.54 Å². The summed E-state index contributed by atoms with van der Waals surface area (Å²) in [4.78, 5) is 14.9. The van der Waals surface area contributed by atoms with Gasteiger partial charge in [0.05, 0.1) is 11.7 Å². The zero-order valence-corrected chi connectivity index (χ0v) is 15.7. The monoisotopic (exact) mass is 357 g/mol. The van der Waals surface area contributed by atoms with Crippen LogP contribution in [0.5, 0.6) is 0 Å². The molecule has 0 unspecified atom stereocenters. The summed E-state index contributed by atoms with van der Waals surface area (Å²) in [6.45, 7) is 5.63. The highest BCUT2D eigenvalue weighted by Crippen LogP contribution is 2.33. The predicted molar refractivity (Wildman–Crippen MR) is 95.6 cm³/mol. The second-order valence-corrected chi connectivity index (χ2v) is 7.48. The van der Waals surface area contributed by atoms with E-state index in [1.54, 1.807) is 0 Å². The second-order valence-electron chi connectivity index (χ2n) is 7.48. The van der Waals surface area contributed by atoms with Gasteiger partial charge < -0.3 is 14.0 Å². The SMILES string of the molecule is Cc1noc(C)c1CCC(=O)N1CCC[C@@H]1c1nnc2n1CCCCC2. The second kappa shape index (κ2) is 7.21. The molecule has 7 nitrogen and oxygen atoms in total. The molecule has 0 radical (unpaired) electrons. The van der Waals surface area contributed by atoms with Crippen LogP contribution < -0.4 is 0 Å². The highest BCUT2D eigenvalue weighted by atomic mass is 16.5. The number of carbonyl (C=O) groups is 1. The molecular weight excluding hydrogens is 330 g/mol. The lowest BCUT2D eigenvalue weighted by Gasteiger charge is -2.24. The van der Waals surface area contributed by atoms with Gasteiger partial charge in [0.15, 0.2) is 5.82 Å². The Balaban J connectivity index is 1.48. The van der Waals surface area contributed by atoms with Crippen molar-refractivity contribution in [1.29, 1.82) is 0 Å². The van der Waals surface area contributed by atoms with Gasteiger partial charge in [-0.15, -0.1) is 10.2 Å². The molecule has 0 N–H and O–H groups in total. The molecule has 1 fully saturated rings. The number of carbonyl (C=O) groups excluding carboxylic acids is 1. The van der Waals surface area contributed by atoms with Gasteiger partial charge in [0.2, 0.25) is 5.91 Å². The lowest BCUT2D eigenvalue weighted by Crippen LogP contribution is -2.32. The van der Waals surface area contributed by atoms with E-state index in [0.717, 1.165) is 61.0 Å². The number of rotatable bonds is 4. The molecular formula is C19H27N5O2. The molecule has 0 aliphatic carbocycles. The first kappa shape index (κ1) is 17.2. The molecule has 26 heavy (non-hydrogen) atoms. The first-order valence-electron chi connectivity index (χ1n) is 9.78. The Morgan fingerprint density at radius 3 is 2.85 bits per heavy atom. The number of hydrogen-bond acceptors (Lipinski definition) is 5. The Labute approximate surface area is 153 Å². The molecule has 7 heteroatoms. The highest BCUT2D eigenvalue weighted by Gasteiger charge is 2.34. The van der Waals surface area contributed by atoms with Crippen molar-refractivity contribution >= 4 is 5.91 Å². The van der Waals surface area contributed by atoms with Crippen molar-refractivity contribution in [3.63, 3.8) is 0 Å². The predicted octanol–water partition coefficient (Wildman–Crippen LogP) is 2.91. The van der Waals surface area contributed by atoms with Crippen molar-refractivity contribution < 1.29 is 9.32 Å². The van der Waals surface area contributed by atoms with E-state index < -0.39 is 0 Å². The normalized spacial score (nSPS) is 20.2. The Kier molecular flexibility index (Phi) is 4.78. The number of likely N-dealkylation sites (tertiary alicyclic amines) is 1. The third-order valence-corrected chi connectivity index (χ3v) is 5.78.